The second kappa shape index (κ2) is 6.91. The second-order valence-corrected chi connectivity index (χ2v) is 5.53. The predicted molar refractivity (Wildman–Crippen MR) is 78.2 cm³/mol. The summed E-state index contributed by atoms with van der Waals surface area (Å²) in [5, 5.41) is 6.16. The summed E-state index contributed by atoms with van der Waals surface area (Å²) in [6.07, 6.45) is 2.18. The van der Waals surface area contributed by atoms with E-state index in [0.717, 1.165) is 30.4 Å². The molecular formula is C14H19BrN2O2. The predicted octanol–water partition coefficient (Wildman–Crippen LogP) is 2.22. The number of hydrogen-bond donors (Lipinski definition) is 2. The number of carbonyl (C=O) groups excluding carboxylic acids is 1. The van der Waals surface area contributed by atoms with Crippen molar-refractivity contribution in [3.8, 4) is 5.75 Å². The Hall–Kier alpha value is -1.07. The molecule has 1 aliphatic rings. The highest BCUT2D eigenvalue weighted by Gasteiger charge is 2.23. The Morgan fingerprint density at radius 1 is 1.47 bits per heavy atom. The lowest BCUT2D eigenvalue weighted by molar-refractivity contribution is -0.123. The SMILES string of the molecule is CCNCc1ccc(OCC(=O)NC2CC2)c(Br)c1. The van der Waals surface area contributed by atoms with Crippen LogP contribution >= 0.6 is 15.9 Å². The lowest BCUT2D eigenvalue weighted by Gasteiger charge is -2.10. The van der Waals surface area contributed by atoms with Crippen LogP contribution in [-0.2, 0) is 11.3 Å². The van der Waals surface area contributed by atoms with E-state index < -0.39 is 0 Å². The van der Waals surface area contributed by atoms with Crippen LogP contribution in [0.25, 0.3) is 0 Å². The molecule has 0 unspecified atom stereocenters. The number of rotatable bonds is 7. The van der Waals surface area contributed by atoms with Crippen molar-refractivity contribution in [2.75, 3.05) is 13.2 Å². The average Bonchev–Trinajstić information content (AvgIpc) is 3.19. The molecule has 4 nitrogen and oxygen atoms in total. The molecule has 1 aliphatic carbocycles. The van der Waals surface area contributed by atoms with Crippen LogP contribution in [0.4, 0.5) is 0 Å². The highest BCUT2D eigenvalue weighted by molar-refractivity contribution is 9.10. The molecule has 0 aliphatic heterocycles. The fourth-order valence-electron chi connectivity index (χ4n) is 1.68. The minimum atomic E-state index is -0.0499. The summed E-state index contributed by atoms with van der Waals surface area (Å²) in [6, 6.07) is 6.28. The Bertz CT molecular complexity index is 447. The van der Waals surface area contributed by atoms with Gasteiger partial charge in [0.05, 0.1) is 4.47 Å². The van der Waals surface area contributed by atoms with Gasteiger partial charge in [0.25, 0.3) is 5.91 Å². The van der Waals surface area contributed by atoms with Gasteiger partial charge in [0, 0.05) is 12.6 Å². The number of halogens is 1. The first-order valence-corrected chi connectivity index (χ1v) is 7.39. The molecule has 1 amide bonds. The van der Waals surface area contributed by atoms with Crippen LogP contribution in [0.2, 0.25) is 0 Å². The molecule has 2 rings (SSSR count). The highest BCUT2D eigenvalue weighted by Crippen LogP contribution is 2.26. The number of hydrogen-bond acceptors (Lipinski definition) is 3. The van der Waals surface area contributed by atoms with Crippen molar-refractivity contribution in [2.45, 2.75) is 32.4 Å². The van der Waals surface area contributed by atoms with Gasteiger partial charge >= 0.3 is 0 Å². The molecule has 0 saturated heterocycles. The van der Waals surface area contributed by atoms with Gasteiger partial charge < -0.3 is 15.4 Å². The number of nitrogens with one attached hydrogen (secondary N) is 2. The Morgan fingerprint density at radius 2 is 2.26 bits per heavy atom. The summed E-state index contributed by atoms with van der Waals surface area (Å²) in [5.74, 6) is 0.650. The Balaban J connectivity index is 1.83. The first-order chi connectivity index (χ1) is 9.19. The van der Waals surface area contributed by atoms with Gasteiger partial charge in [-0.05, 0) is 53.0 Å². The lowest BCUT2D eigenvalue weighted by Crippen LogP contribution is -2.30. The quantitative estimate of drug-likeness (QED) is 0.807. The smallest absolute Gasteiger partial charge is 0.258 e. The maximum Gasteiger partial charge on any atom is 0.258 e. The van der Waals surface area contributed by atoms with Crippen molar-refractivity contribution in [3.05, 3.63) is 28.2 Å². The molecule has 0 heterocycles. The summed E-state index contributed by atoms with van der Waals surface area (Å²) in [5.41, 5.74) is 1.18. The molecule has 1 aromatic carbocycles. The summed E-state index contributed by atoms with van der Waals surface area (Å²) in [7, 11) is 0. The maximum atomic E-state index is 11.5. The van der Waals surface area contributed by atoms with Crippen LogP contribution < -0.4 is 15.4 Å². The molecule has 0 atom stereocenters. The van der Waals surface area contributed by atoms with Crippen molar-refractivity contribution in [1.82, 2.24) is 10.6 Å². The largest absolute Gasteiger partial charge is 0.483 e. The third-order valence-electron chi connectivity index (χ3n) is 2.88. The molecule has 2 N–H and O–H groups in total. The summed E-state index contributed by atoms with van der Waals surface area (Å²) >= 11 is 3.47. The van der Waals surface area contributed by atoms with E-state index in [-0.39, 0.29) is 12.5 Å². The van der Waals surface area contributed by atoms with E-state index in [1.54, 1.807) is 0 Å². The van der Waals surface area contributed by atoms with E-state index >= 15 is 0 Å². The average molecular weight is 327 g/mol. The van der Waals surface area contributed by atoms with E-state index in [2.05, 4.69) is 33.5 Å². The molecular weight excluding hydrogens is 308 g/mol. The van der Waals surface area contributed by atoms with Crippen LogP contribution in [0.1, 0.15) is 25.3 Å². The molecule has 0 spiro atoms. The Labute approximate surface area is 122 Å². The van der Waals surface area contributed by atoms with Crippen molar-refractivity contribution in [3.63, 3.8) is 0 Å². The molecule has 0 aromatic heterocycles. The van der Waals surface area contributed by atoms with Gasteiger partial charge in [0.15, 0.2) is 6.61 Å². The number of ether oxygens (including phenoxy) is 1. The van der Waals surface area contributed by atoms with Gasteiger partial charge in [0.2, 0.25) is 0 Å². The van der Waals surface area contributed by atoms with Crippen LogP contribution in [0.15, 0.2) is 22.7 Å². The number of benzene rings is 1. The molecule has 0 bridgehead atoms. The molecule has 0 radical (unpaired) electrons. The monoisotopic (exact) mass is 326 g/mol. The summed E-state index contributed by atoms with van der Waals surface area (Å²) < 4.78 is 6.38. The Morgan fingerprint density at radius 3 is 2.89 bits per heavy atom. The molecule has 19 heavy (non-hydrogen) atoms. The van der Waals surface area contributed by atoms with E-state index in [0.29, 0.717) is 11.8 Å². The topological polar surface area (TPSA) is 50.4 Å². The van der Waals surface area contributed by atoms with Crippen molar-refractivity contribution < 1.29 is 9.53 Å². The van der Waals surface area contributed by atoms with E-state index in [1.807, 2.05) is 18.2 Å². The third-order valence-corrected chi connectivity index (χ3v) is 3.50. The number of carbonyl (C=O) groups is 1. The van der Waals surface area contributed by atoms with Gasteiger partial charge in [-0.25, -0.2) is 0 Å². The van der Waals surface area contributed by atoms with Gasteiger partial charge in [-0.3, -0.25) is 4.79 Å². The Kier molecular flexibility index (Phi) is 5.22. The summed E-state index contributed by atoms with van der Waals surface area (Å²) in [4.78, 5) is 11.5. The van der Waals surface area contributed by atoms with Crippen LogP contribution in [0.3, 0.4) is 0 Å². The van der Waals surface area contributed by atoms with E-state index in [4.69, 9.17) is 4.74 Å². The maximum absolute atomic E-state index is 11.5. The minimum absolute atomic E-state index is 0.0499. The summed E-state index contributed by atoms with van der Waals surface area (Å²) in [6.45, 7) is 3.92. The fraction of sp³-hybridized carbons (Fsp3) is 0.500. The van der Waals surface area contributed by atoms with Gasteiger partial charge in [-0.2, -0.15) is 0 Å². The van der Waals surface area contributed by atoms with E-state index in [9.17, 15) is 4.79 Å². The molecule has 5 heteroatoms. The highest BCUT2D eigenvalue weighted by atomic mass is 79.9. The molecule has 1 fully saturated rings. The van der Waals surface area contributed by atoms with Crippen molar-refractivity contribution in [1.29, 1.82) is 0 Å². The fourth-order valence-corrected chi connectivity index (χ4v) is 2.22. The third kappa shape index (κ3) is 4.84. The van der Waals surface area contributed by atoms with E-state index in [1.165, 1.54) is 5.56 Å². The second-order valence-electron chi connectivity index (χ2n) is 4.68. The zero-order chi connectivity index (χ0) is 13.7. The van der Waals surface area contributed by atoms with Crippen LogP contribution in [0, 0.1) is 0 Å². The lowest BCUT2D eigenvalue weighted by atomic mass is 10.2. The standard InChI is InChI=1S/C14H19BrN2O2/c1-2-16-8-10-3-6-13(12(15)7-10)19-9-14(18)17-11-4-5-11/h3,6-7,11,16H,2,4-5,8-9H2,1H3,(H,17,18). The normalized spacial score (nSPS) is 14.2. The van der Waals surface area contributed by atoms with Crippen molar-refractivity contribution in [2.24, 2.45) is 0 Å². The first kappa shape index (κ1) is 14.3. The number of amides is 1. The zero-order valence-electron chi connectivity index (χ0n) is 11.0. The van der Waals surface area contributed by atoms with Crippen LogP contribution in [-0.4, -0.2) is 25.1 Å². The zero-order valence-corrected chi connectivity index (χ0v) is 12.6. The molecule has 104 valence electrons. The van der Waals surface area contributed by atoms with Gasteiger partial charge in [-0.15, -0.1) is 0 Å². The van der Waals surface area contributed by atoms with Crippen molar-refractivity contribution >= 4 is 21.8 Å². The molecule has 1 aromatic rings. The minimum Gasteiger partial charge on any atom is -0.483 e. The molecule has 1 saturated carbocycles. The van der Waals surface area contributed by atoms with Crippen LogP contribution in [0.5, 0.6) is 5.75 Å². The van der Waals surface area contributed by atoms with Gasteiger partial charge in [0.1, 0.15) is 5.75 Å². The van der Waals surface area contributed by atoms with Gasteiger partial charge in [-0.1, -0.05) is 13.0 Å². The first-order valence-electron chi connectivity index (χ1n) is 6.60.